The number of hydrogen-bond acceptors (Lipinski definition) is 6. The van der Waals surface area contributed by atoms with Crippen molar-refractivity contribution in [2.45, 2.75) is 19.6 Å². The first-order chi connectivity index (χ1) is 10.2. The normalized spacial score (nSPS) is 16.6. The van der Waals surface area contributed by atoms with Crippen LogP contribution in [0.1, 0.15) is 29.8 Å². The number of rotatable bonds is 3. The second-order valence-electron chi connectivity index (χ2n) is 5.04. The SMILES string of the molecule is COc1cc(C=C2C(=O)OC(C)(C)OC2=O)cc(C(=O)O)c1. The molecule has 0 bridgehead atoms. The predicted octanol–water partition coefficient (Wildman–Crippen LogP) is 1.61. The highest BCUT2D eigenvalue weighted by Gasteiger charge is 2.38. The fourth-order valence-corrected chi connectivity index (χ4v) is 1.89. The van der Waals surface area contributed by atoms with Crippen molar-refractivity contribution in [3.05, 3.63) is 34.9 Å². The van der Waals surface area contributed by atoms with Gasteiger partial charge < -0.3 is 19.3 Å². The Balaban J connectivity index is 2.44. The zero-order valence-corrected chi connectivity index (χ0v) is 12.2. The van der Waals surface area contributed by atoms with Crippen molar-refractivity contribution in [1.29, 1.82) is 0 Å². The predicted molar refractivity (Wildman–Crippen MR) is 74.2 cm³/mol. The van der Waals surface area contributed by atoms with Crippen LogP contribution in [0.5, 0.6) is 5.75 Å². The lowest BCUT2D eigenvalue weighted by atomic mass is 10.1. The Labute approximate surface area is 126 Å². The summed E-state index contributed by atoms with van der Waals surface area (Å²) >= 11 is 0. The van der Waals surface area contributed by atoms with Gasteiger partial charge in [0, 0.05) is 13.8 Å². The van der Waals surface area contributed by atoms with Crippen LogP contribution in [0.3, 0.4) is 0 Å². The number of carbonyl (C=O) groups excluding carboxylic acids is 2. The highest BCUT2D eigenvalue weighted by atomic mass is 16.7. The van der Waals surface area contributed by atoms with Crippen LogP contribution in [0, 0.1) is 0 Å². The van der Waals surface area contributed by atoms with Gasteiger partial charge in [-0.25, -0.2) is 14.4 Å². The zero-order valence-electron chi connectivity index (χ0n) is 12.2. The van der Waals surface area contributed by atoms with E-state index in [9.17, 15) is 14.4 Å². The first-order valence-corrected chi connectivity index (χ1v) is 6.32. The Morgan fingerprint density at radius 3 is 2.27 bits per heavy atom. The molecule has 1 fully saturated rings. The molecule has 1 aliphatic rings. The lowest BCUT2D eigenvalue weighted by molar-refractivity contribution is -0.222. The van der Waals surface area contributed by atoms with E-state index in [0.717, 1.165) is 0 Å². The number of methoxy groups -OCH3 is 1. The maximum absolute atomic E-state index is 11.9. The van der Waals surface area contributed by atoms with Gasteiger partial charge in [0.2, 0.25) is 0 Å². The molecule has 0 radical (unpaired) electrons. The number of benzene rings is 1. The van der Waals surface area contributed by atoms with Gasteiger partial charge in [-0.05, 0) is 29.8 Å². The summed E-state index contributed by atoms with van der Waals surface area (Å²) < 4.78 is 14.9. The fourth-order valence-electron chi connectivity index (χ4n) is 1.89. The third kappa shape index (κ3) is 3.25. The average molecular weight is 306 g/mol. The first-order valence-electron chi connectivity index (χ1n) is 6.32. The number of esters is 2. The molecule has 0 spiro atoms. The van der Waals surface area contributed by atoms with Gasteiger partial charge in [-0.3, -0.25) is 0 Å². The van der Waals surface area contributed by atoms with Gasteiger partial charge in [-0.1, -0.05) is 0 Å². The Morgan fingerprint density at radius 2 is 1.77 bits per heavy atom. The molecule has 0 aromatic heterocycles. The van der Waals surface area contributed by atoms with Gasteiger partial charge in [0.25, 0.3) is 5.79 Å². The molecule has 116 valence electrons. The summed E-state index contributed by atoms with van der Waals surface area (Å²) in [4.78, 5) is 34.8. The van der Waals surface area contributed by atoms with E-state index in [2.05, 4.69) is 0 Å². The molecule has 0 unspecified atom stereocenters. The molecule has 22 heavy (non-hydrogen) atoms. The third-order valence-corrected chi connectivity index (χ3v) is 2.84. The third-order valence-electron chi connectivity index (χ3n) is 2.84. The summed E-state index contributed by atoms with van der Waals surface area (Å²) in [5, 5.41) is 9.05. The molecule has 7 nitrogen and oxygen atoms in total. The number of hydrogen-bond donors (Lipinski definition) is 1. The topological polar surface area (TPSA) is 99.1 Å². The largest absolute Gasteiger partial charge is 0.497 e. The van der Waals surface area contributed by atoms with Crippen LogP contribution in [0.25, 0.3) is 6.08 Å². The van der Waals surface area contributed by atoms with Crippen LogP contribution in [-0.4, -0.2) is 35.9 Å². The van der Waals surface area contributed by atoms with Crippen LogP contribution in [0.2, 0.25) is 0 Å². The van der Waals surface area contributed by atoms with Crippen LogP contribution >= 0.6 is 0 Å². The lowest BCUT2D eigenvalue weighted by Gasteiger charge is -2.29. The van der Waals surface area contributed by atoms with E-state index in [0.29, 0.717) is 5.56 Å². The summed E-state index contributed by atoms with van der Waals surface area (Å²) in [6.45, 7) is 2.88. The van der Waals surface area contributed by atoms with Gasteiger partial charge in [0.05, 0.1) is 12.7 Å². The maximum atomic E-state index is 11.9. The molecule has 1 heterocycles. The molecule has 7 heteroatoms. The Kier molecular flexibility index (Phi) is 3.90. The van der Waals surface area contributed by atoms with Gasteiger partial charge in [0.15, 0.2) is 0 Å². The molecule has 2 rings (SSSR count). The van der Waals surface area contributed by atoms with Crippen molar-refractivity contribution in [1.82, 2.24) is 0 Å². The summed E-state index contributed by atoms with van der Waals surface area (Å²) in [6, 6.07) is 4.11. The second kappa shape index (κ2) is 5.51. The first kappa shape index (κ1) is 15.6. The van der Waals surface area contributed by atoms with Crippen molar-refractivity contribution in [3.63, 3.8) is 0 Å². The zero-order chi connectivity index (χ0) is 16.5. The fraction of sp³-hybridized carbons (Fsp3) is 0.267. The minimum atomic E-state index is -1.33. The Morgan fingerprint density at radius 1 is 1.18 bits per heavy atom. The standard InChI is InChI=1S/C15H14O7/c1-15(2)21-13(18)11(14(19)22-15)6-8-4-9(12(16)17)7-10(5-8)20-3/h4-7H,1-3H3,(H,16,17). The number of carboxylic acids is 1. The maximum Gasteiger partial charge on any atom is 0.348 e. The number of ether oxygens (including phenoxy) is 3. The second-order valence-corrected chi connectivity index (χ2v) is 5.04. The molecule has 1 aromatic rings. The highest BCUT2D eigenvalue weighted by molar-refractivity contribution is 6.19. The molecule has 0 atom stereocenters. The smallest absolute Gasteiger partial charge is 0.348 e. The van der Waals surface area contributed by atoms with E-state index >= 15 is 0 Å². The van der Waals surface area contributed by atoms with Crippen molar-refractivity contribution in [2.24, 2.45) is 0 Å². The van der Waals surface area contributed by atoms with Crippen molar-refractivity contribution in [3.8, 4) is 5.75 Å². The minimum absolute atomic E-state index is 0.0379. The van der Waals surface area contributed by atoms with Crippen LogP contribution < -0.4 is 4.74 Å². The number of aromatic carboxylic acids is 1. The molecule has 1 aliphatic heterocycles. The summed E-state index contributed by atoms with van der Waals surface area (Å²) in [5.41, 5.74) is -0.0478. The number of carboxylic acid groups (broad SMARTS) is 1. The van der Waals surface area contributed by atoms with E-state index < -0.39 is 23.7 Å². The van der Waals surface area contributed by atoms with Crippen LogP contribution in [0.15, 0.2) is 23.8 Å². The van der Waals surface area contributed by atoms with Gasteiger partial charge in [0.1, 0.15) is 11.3 Å². The summed E-state index contributed by atoms with van der Waals surface area (Å²) in [6.07, 6.45) is 1.20. The number of cyclic esters (lactones) is 2. The average Bonchev–Trinajstić information content (AvgIpc) is 2.41. The molecule has 1 N–H and O–H groups in total. The lowest BCUT2D eigenvalue weighted by Crippen LogP contribution is -2.41. The molecule has 0 saturated carbocycles. The van der Waals surface area contributed by atoms with E-state index in [-0.39, 0.29) is 16.9 Å². The molecule has 0 aliphatic carbocycles. The molecular weight excluding hydrogens is 292 g/mol. The summed E-state index contributed by atoms with van der Waals surface area (Å²) in [5.74, 6) is -3.87. The molecule has 1 aromatic carbocycles. The van der Waals surface area contributed by atoms with Crippen molar-refractivity contribution in [2.75, 3.05) is 7.11 Å². The molecule has 1 saturated heterocycles. The van der Waals surface area contributed by atoms with E-state index in [1.165, 1.54) is 45.2 Å². The molecular formula is C15H14O7. The highest BCUT2D eigenvalue weighted by Crippen LogP contribution is 2.25. The Bertz CT molecular complexity index is 663. The van der Waals surface area contributed by atoms with Gasteiger partial charge >= 0.3 is 17.9 Å². The monoisotopic (exact) mass is 306 g/mol. The Hall–Kier alpha value is -2.83. The minimum Gasteiger partial charge on any atom is -0.497 e. The van der Waals surface area contributed by atoms with Crippen LogP contribution in [0.4, 0.5) is 0 Å². The van der Waals surface area contributed by atoms with E-state index in [4.69, 9.17) is 19.3 Å². The number of carbonyl (C=O) groups is 3. The van der Waals surface area contributed by atoms with E-state index in [1.54, 1.807) is 0 Å². The van der Waals surface area contributed by atoms with Crippen molar-refractivity contribution >= 4 is 24.0 Å². The van der Waals surface area contributed by atoms with Gasteiger partial charge in [-0.15, -0.1) is 0 Å². The summed E-state index contributed by atoms with van der Waals surface area (Å²) in [7, 11) is 1.38. The van der Waals surface area contributed by atoms with Crippen molar-refractivity contribution < 1.29 is 33.7 Å². The quantitative estimate of drug-likeness (QED) is 0.514. The van der Waals surface area contributed by atoms with E-state index in [1.807, 2.05) is 0 Å². The van der Waals surface area contributed by atoms with Gasteiger partial charge in [-0.2, -0.15) is 0 Å². The molecule has 0 amide bonds. The van der Waals surface area contributed by atoms with Crippen LogP contribution in [-0.2, 0) is 19.1 Å².